The van der Waals surface area contributed by atoms with E-state index in [1.807, 2.05) is 31.1 Å². The number of amides is 1. The molecule has 1 saturated heterocycles. The predicted molar refractivity (Wildman–Crippen MR) is 136 cm³/mol. The first kappa shape index (κ1) is 25.8. The molecule has 2 aromatic rings. The molecule has 3 rings (SSSR count). The van der Waals surface area contributed by atoms with Crippen molar-refractivity contribution in [3.63, 3.8) is 0 Å². The molecule has 7 nitrogen and oxygen atoms in total. The van der Waals surface area contributed by atoms with E-state index in [9.17, 15) is 14.7 Å². The SMILES string of the molecule is C=CCOc1ccc(C(O)=C2C(=O)C(=O)N(CCCN(C)C)[C@@H]2c2ccc(OCC=C)cc2)cc1. The van der Waals surface area contributed by atoms with E-state index in [4.69, 9.17) is 9.47 Å². The summed E-state index contributed by atoms with van der Waals surface area (Å²) in [5, 5.41) is 11.2. The van der Waals surface area contributed by atoms with Crippen LogP contribution in [-0.4, -0.2) is 67.0 Å². The summed E-state index contributed by atoms with van der Waals surface area (Å²) in [6.45, 7) is 9.14. The van der Waals surface area contributed by atoms with Gasteiger partial charge in [-0.25, -0.2) is 0 Å². The van der Waals surface area contributed by atoms with Gasteiger partial charge in [-0.15, -0.1) is 0 Å². The number of ether oxygens (including phenoxy) is 2. The van der Waals surface area contributed by atoms with Crippen molar-refractivity contribution < 1.29 is 24.2 Å². The fraction of sp³-hybridized carbons (Fsp3) is 0.286. The highest BCUT2D eigenvalue weighted by Gasteiger charge is 2.45. The van der Waals surface area contributed by atoms with E-state index in [0.717, 1.165) is 6.54 Å². The van der Waals surface area contributed by atoms with Crippen LogP contribution in [0.4, 0.5) is 0 Å². The molecule has 2 aromatic carbocycles. The largest absolute Gasteiger partial charge is 0.507 e. The fourth-order valence-corrected chi connectivity index (χ4v) is 3.94. The van der Waals surface area contributed by atoms with E-state index in [2.05, 4.69) is 13.2 Å². The fourth-order valence-electron chi connectivity index (χ4n) is 3.94. The molecule has 0 spiro atoms. The van der Waals surface area contributed by atoms with Crippen LogP contribution >= 0.6 is 0 Å². The van der Waals surface area contributed by atoms with Crippen LogP contribution in [0.1, 0.15) is 23.6 Å². The molecule has 1 aliphatic rings. The van der Waals surface area contributed by atoms with Crippen LogP contribution in [0.2, 0.25) is 0 Å². The van der Waals surface area contributed by atoms with Crippen LogP contribution in [0.3, 0.4) is 0 Å². The molecule has 0 aliphatic carbocycles. The molecule has 1 amide bonds. The lowest BCUT2D eigenvalue weighted by molar-refractivity contribution is -0.139. The quantitative estimate of drug-likeness (QED) is 0.214. The summed E-state index contributed by atoms with van der Waals surface area (Å²) in [6.07, 6.45) is 3.98. The first-order chi connectivity index (χ1) is 16.9. The Morgan fingerprint density at radius 1 is 0.971 bits per heavy atom. The van der Waals surface area contributed by atoms with Gasteiger partial charge in [-0.05, 0) is 69.0 Å². The maximum Gasteiger partial charge on any atom is 0.295 e. The highest BCUT2D eigenvalue weighted by Crippen LogP contribution is 2.40. The lowest BCUT2D eigenvalue weighted by atomic mass is 9.95. The van der Waals surface area contributed by atoms with Gasteiger partial charge in [0.2, 0.25) is 0 Å². The zero-order valence-electron chi connectivity index (χ0n) is 20.3. The molecule has 1 heterocycles. The zero-order valence-corrected chi connectivity index (χ0v) is 20.3. The van der Waals surface area contributed by atoms with Gasteiger partial charge in [-0.2, -0.15) is 0 Å². The van der Waals surface area contributed by atoms with Gasteiger partial charge in [-0.3, -0.25) is 9.59 Å². The molecule has 1 N–H and O–H groups in total. The number of aliphatic hydroxyl groups excluding tert-OH is 1. The predicted octanol–water partition coefficient (Wildman–Crippen LogP) is 4.19. The van der Waals surface area contributed by atoms with E-state index in [1.165, 1.54) is 0 Å². The summed E-state index contributed by atoms with van der Waals surface area (Å²) in [7, 11) is 3.91. The Morgan fingerprint density at radius 3 is 2.03 bits per heavy atom. The molecule has 1 fully saturated rings. The number of rotatable bonds is 12. The second kappa shape index (κ2) is 12.0. The van der Waals surface area contributed by atoms with Crippen molar-refractivity contribution in [2.24, 2.45) is 0 Å². The molecule has 1 aliphatic heterocycles. The standard InChI is InChI=1S/C28H32N2O5/c1-5-18-34-22-12-8-20(9-13-22)25-24(27(32)28(33)30(25)17-7-16-29(3)4)26(31)21-10-14-23(15-11-21)35-19-6-2/h5-6,8-15,25,31H,1-2,7,16-19H2,3-4H3/t25-/m1/s1. The van der Waals surface area contributed by atoms with Crippen molar-refractivity contribution in [2.75, 3.05) is 40.4 Å². The molecule has 184 valence electrons. The van der Waals surface area contributed by atoms with Crippen LogP contribution in [0.5, 0.6) is 11.5 Å². The van der Waals surface area contributed by atoms with Crippen molar-refractivity contribution in [3.05, 3.63) is 90.5 Å². The second-order valence-electron chi connectivity index (χ2n) is 8.44. The van der Waals surface area contributed by atoms with Gasteiger partial charge < -0.3 is 24.4 Å². The minimum atomic E-state index is -0.706. The third kappa shape index (κ3) is 6.19. The minimum absolute atomic E-state index is 0.0689. The van der Waals surface area contributed by atoms with E-state index >= 15 is 0 Å². The van der Waals surface area contributed by atoms with Crippen molar-refractivity contribution in [2.45, 2.75) is 12.5 Å². The minimum Gasteiger partial charge on any atom is -0.507 e. The Kier molecular flexibility index (Phi) is 8.86. The molecule has 0 unspecified atom stereocenters. The number of carbonyl (C=O) groups is 2. The van der Waals surface area contributed by atoms with Crippen LogP contribution in [0, 0.1) is 0 Å². The van der Waals surface area contributed by atoms with Gasteiger partial charge >= 0.3 is 0 Å². The first-order valence-electron chi connectivity index (χ1n) is 11.5. The number of ketones is 1. The van der Waals surface area contributed by atoms with Gasteiger partial charge in [0.25, 0.3) is 11.7 Å². The van der Waals surface area contributed by atoms with E-state index in [1.54, 1.807) is 53.5 Å². The molecule has 0 bridgehead atoms. The van der Waals surface area contributed by atoms with Crippen LogP contribution < -0.4 is 9.47 Å². The highest BCUT2D eigenvalue weighted by molar-refractivity contribution is 6.46. The Morgan fingerprint density at radius 2 is 1.51 bits per heavy atom. The number of benzene rings is 2. The smallest absolute Gasteiger partial charge is 0.295 e. The van der Waals surface area contributed by atoms with Crippen molar-refractivity contribution in [3.8, 4) is 11.5 Å². The number of aliphatic hydroxyl groups is 1. The Labute approximate surface area is 206 Å². The summed E-state index contributed by atoms with van der Waals surface area (Å²) in [4.78, 5) is 29.7. The number of nitrogens with zero attached hydrogens (tertiary/aromatic N) is 2. The van der Waals surface area contributed by atoms with Crippen molar-refractivity contribution in [1.29, 1.82) is 0 Å². The highest BCUT2D eigenvalue weighted by atomic mass is 16.5. The van der Waals surface area contributed by atoms with E-state index in [0.29, 0.717) is 48.8 Å². The average Bonchev–Trinajstić information content (AvgIpc) is 3.11. The number of likely N-dealkylation sites (tertiary alicyclic amines) is 1. The molecule has 0 saturated carbocycles. The van der Waals surface area contributed by atoms with Crippen LogP contribution in [0.15, 0.2) is 79.4 Å². The Balaban J connectivity index is 2.00. The number of carbonyl (C=O) groups excluding carboxylic acids is 2. The molecular formula is C28H32N2O5. The summed E-state index contributed by atoms with van der Waals surface area (Å²) in [5.74, 6) is -0.277. The Hall–Kier alpha value is -3.84. The summed E-state index contributed by atoms with van der Waals surface area (Å²) in [5.41, 5.74) is 1.21. The van der Waals surface area contributed by atoms with Gasteiger partial charge in [-0.1, -0.05) is 37.4 Å². The third-order valence-corrected chi connectivity index (χ3v) is 5.60. The van der Waals surface area contributed by atoms with Gasteiger partial charge in [0.05, 0.1) is 11.6 Å². The first-order valence-corrected chi connectivity index (χ1v) is 11.5. The molecule has 1 atom stereocenters. The topological polar surface area (TPSA) is 79.3 Å². The number of hydrogen-bond donors (Lipinski definition) is 1. The second-order valence-corrected chi connectivity index (χ2v) is 8.44. The molecule has 7 heteroatoms. The number of hydrogen-bond acceptors (Lipinski definition) is 6. The lowest BCUT2D eigenvalue weighted by Gasteiger charge is -2.26. The summed E-state index contributed by atoms with van der Waals surface area (Å²) < 4.78 is 11.1. The zero-order chi connectivity index (χ0) is 25.4. The van der Waals surface area contributed by atoms with Crippen LogP contribution in [-0.2, 0) is 9.59 Å². The maximum atomic E-state index is 13.1. The van der Waals surface area contributed by atoms with Crippen molar-refractivity contribution in [1.82, 2.24) is 9.80 Å². The lowest BCUT2D eigenvalue weighted by Crippen LogP contribution is -2.32. The maximum absolute atomic E-state index is 13.1. The third-order valence-electron chi connectivity index (χ3n) is 5.60. The summed E-state index contributed by atoms with van der Waals surface area (Å²) in [6, 6.07) is 13.2. The normalized spacial score (nSPS) is 17.0. The van der Waals surface area contributed by atoms with Gasteiger partial charge in [0.15, 0.2) is 0 Å². The molecule has 0 radical (unpaired) electrons. The van der Waals surface area contributed by atoms with Gasteiger partial charge in [0, 0.05) is 12.1 Å². The monoisotopic (exact) mass is 476 g/mol. The number of Topliss-reactive ketones (excluding diaryl/α,β-unsaturated/α-hetero) is 1. The summed E-state index contributed by atoms with van der Waals surface area (Å²) >= 11 is 0. The van der Waals surface area contributed by atoms with E-state index in [-0.39, 0.29) is 11.3 Å². The molecule has 35 heavy (non-hydrogen) atoms. The van der Waals surface area contributed by atoms with E-state index < -0.39 is 17.7 Å². The van der Waals surface area contributed by atoms with Crippen LogP contribution in [0.25, 0.3) is 5.76 Å². The molecule has 0 aromatic heterocycles. The average molecular weight is 477 g/mol. The Bertz CT molecular complexity index is 1090. The van der Waals surface area contributed by atoms with Crippen molar-refractivity contribution >= 4 is 17.4 Å². The molecular weight excluding hydrogens is 444 g/mol. The van der Waals surface area contributed by atoms with Gasteiger partial charge in [0.1, 0.15) is 30.5 Å².